The summed E-state index contributed by atoms with van der Waals surface area (Å²) < 4.78 is 0. The lowest BCUT2D eigenvalue weighted by Gasteiger charge is -2.10. The predicted octanol–water partition coefficient (Wildman–Crippen LogP) is 2.20. The highest BCUT2D eigenvalue weighted by Gasteiger charge is 2.43. The first-order chi connectivity index (χ1) is 5.42. The van der Waals surface area contributed by atoms with Crippen LogP contribution in [0.1, 0.15) is 32.6 Å². The molecule has 0 radical (unpaired) electrons. The maximum atomic E-state index is 5.06. The third-order valence-electron chi connectivity index (χ3n) is 2.67. The van der Waals surface area contributed by atoms with Crippen LogP contribution in [0.3, 0.4) is 0 Å². The minimum atomic E-state index is 0.709. The molecule has 0 saturated heterocycles. The van der Waals surface area contributed by atoms with E-state index >= 15 is 0 Å². The summed E-state index contributed by atoms with van der Waals surface area (Å²) in [6, 6.07) is 0. The minimum Gasteiger partial charge on any atom is -0.396 e. The van der Waals surface area contributed by atoms with E-state index in [1.54, 1.807) is 0 Å². The van der Waals surface area contributed by atoms with Gasteiger partial charge in [-0.2, -0.15) is 0 Å². The highest BCUT2D eigenvalue weighted by Crippen LogP contribution is 2.47. The van der Waals surface area contributed by atoms with Gasteiger partial charge in [-0.05, 0) is 38.5 Å². The predicted molar refractivity (Wildman–Crippen MR) is 44.5 cm³/mol. The van der Waals surface area contributed by atoms with Crippen molar-refractivity contribution in [1.29, 1.82) is 0 Å². The number of rotatable bonds is 2. The van der Waals surface area contributed by atoms with E-state index < -0.39 is 0 Å². The molecule has 0 bridgehead atoms. The van der Waals surface area contributed by atoms with E-state index in [1.165, 1.54) is 31.4 Å². The van der Waals surface area contributed by atoms with Crippen molar-refractivity contribution < 1.29 is 4.84 Å². The molecule has 2 rings (SSSR count). The van der Waals surface area contributed by atoms with Gasteiger partial charge in [0, 0.05) is 5.92 Å². The molecular formula is C9H15NO. The smallest absolute Gasteiger partial charge is 0.114 e. The Morgan fingerprint density at radius 3 is 3.36 bits per heavy atom. The van der Waals surface area contributed by atoms with Crippen molar-refractivity contribution in [1.82, 2.24) is 0 Å². The first-order valence-corrected chi connectivity index (χ1v) is 4.60. The second kappa shape index (κ2) is 2.84. The maximum absolute atomic E-state index is 5.06. The molecule has 2 atom stereocenters. The highest BCUT2D eigenvalue weighted by atomic mass is 16.6. The molecule has 2 aliphatic carbocycles. The Morgan fingerprint density at radius 2 is 2.55 bits per heavy atom. The Balaban J connectivity index is 1.92. The fraction of sp³-hybridized carbons (Fsp3) is 0.889. The topological polar surface area (TPSA) is 21.6 Å². The lowest BCUT2D eigenvalue weighted by molar-refractivity contribution is 0.156. The molecule has 0 heterocycles. The molecule has 2 saturated carbocycles. The minimum absolute atomic E-state index is 0.709. The number of hydrogen-bond donors (Lipinski definition) is 0. The van der Waals surface area contributed by atoms with Crippen LogP contribution in [0.5, 0.6) is 0 Å². The Kier molecular flexibility index (Phi) is 1.84. The van der Waals surface area contributed by atoms with Gasteiger partial charge in [-0.1, -0.05) is 5.16 Å². The summed E-state index contributed by atoms with van der Waals surface area (Å²) >= 11 is 0. The summed E-state index contributed by atoms with van der Waals surface area (Å²) in [4.78, 5) is 5.06. The van der Waals surface area contributed by atoms with E-state index in [4.69, 9.17) is 4.84 Å². The Labute approximate surface area is 67.6 Å². The summed E-state index contributed by atoms with van der Waals surface area (Å²) in [6.45, 7) is 2.69. The van der Waals surface area contributed by atoms with E-state index in [-0.39, 0.29) is 0 Å². The normalized spacial score (nSPS) is 38.5. The van der Waals surface area contributed by atoms with E-state index in [2.05, 4.69) is 5.16 Å². The fourth-order valence-electron chi connectivity index (χ4n) is 1.97. The lowest BCUT2D eigenvalue weighted by Crippen LogP contribution is -2.09. The third kappa shape index (κ3) is 1.39. The quantitative estimate of drug-likeness (QED) is 0.557. The van der Waals surface area contributed by atoms with E-state index in [1.807, 2.05) is 6.92 Å². The van der Waals surface area contributed by atoms with Crippen molar-refractivity contribution in [2.75, 3.05) is 6.61 Å². The number of oxime groups is 1. The molecule has 0 aromatic rings. The van der Waals surface area contributed by atoms with Crippen LogP contribution in [0, 0.1) is 11.8 Å². The number of fused-ring (bicyclic) bond motifs is 1. The second-order valence-corrected chi connectivity index (χ2v) is 3.49. The average Bonchev–Trinajstić information content (AvgIpc) is 2.79. The van der Waals surface area contributed by atoms with Crippen LogP contribution in [0.15, 0.2) is 5.16 Å². The summed E-state index contributed by atoms with van der Waals surface area (Å²) in [5.74, 6) is 1.79. The molecule has 0 N–H and O–H groups in total. The van der Waals surface area contributed by atoms with Crippen molar-refractivity contribution in [2.45, 2.75) is 32.6 Å². The zero-order valence-electron chi connectivity index (χ0n) is 7.05. The van der Waals surface area contributed by atoms with Gasteiger partial charge in [-0.15, -0.1) is 0 Å². The Bertz CT molecular complexity index is 176. The molecule has 2 heteroatoms. The summed E-state index contributed by atoms with van der Waals surface area (Å²) in [5.41, 5.74) is 1.34. The molecule has 62 valence electrons. The van der Waals surface area contributed by atoms with E-state index in [0.717, 1.165) is 11.8 Å². The Hall–Kier alpha value is -0.530. The first kappa shape index (κ1) is 7.14. The van der Waals surface area contributed by atoms with Gasteiger partial charge in [0.15, 0.2) is 0 Å². The monoisotopic (exact) mass is 153 g/mol. The first-order valence-electron chi connectivity index (χ1n) is 4.60. The zero-order valence-corrected chi connectivity index (χ0v) is 7.05. The van der Waals surface area contributed by atoms with Gasteiger partial charge in [0.2, 0.25) is 0 Å². The van der Waals surface area contributed by atoms with Crippen LogP contribution >= 0.6 is 0 Å². The van der Waals surface area contributed by atoms with Gasteiger partial charge in [-0.25, -0.2) is 0 Å². The van der Waals surface area contributed by atoms with Gasteiger partial charge < -0.3 is 4.84 Å². The highest BCUT2D eigenvalue weighted by molar-refractivity contribution is 5.89. The Morgan fingerprint density at radius 1 is 1.64 bits per heavy atom. The fourth-order valence-corrected chi connectivity index (χ4v) is 1.97. The average molecular weight is 153 g/mol. The molecule has 0 aliphatic heterocycles. The van der Waals surface area contributed by atoms with Crippen molar-refractivity contribution in [2.24, 2.45) is 17.0 Å². The van der Waals surface area contributed by atoms with Crippen LogP contribution in [0.4, 0.5) is 0 Å². The molecule has 0 aromatic carbocycles. The van der Waals surface area contributed by atoms with Crippen LogP contribution in [-0.2, 0) is 4.84 Å². The molecule has 0 unspecified atom stereocenters. The second-order valence-electron chi connectivity index (χ2n) is 3.49. The van der Waals surface area contributed by atoms with Gasteiger partial charge in [-0.3, -0.25) is 0 Å². The molecule has 0 spiro atoms. The number of nitrogens with zero attached hydrogens (tertiary/aromatic N) is 1. The zero-order chi connectivity index (χ0) is 7.68. The summed E-state index contributed by atoms with van der Waals surface area (Å²) in [7, 11) is 0. The standard InChI is InChI=1S/C9H15NO/c1-2-11-10-9-5-3-4-7-6-8(7)9/h7-8H,2-6H2,1H3/b10-9-/t7-,8+/m0/s1. The van der Waals surface area contributed by atoms with Crippen LogP contribution < -0.4 is 0 Å². The van der Waals surface area contributed by atoms with Gasteiger partial charge in [0.25, 0.3) is 0 Å². The molecule has 2 aliphatic rings. The van der Waals surface area contributed by atoms with Crippen molar-refractivity contribution in [3.8, 4) is 0 Å². The summed E-state index contributed by atoms with van der Waals surface area (Å²) in [5, 5.41) is 4.14. The van der Waals surface area contributed by atoms with Crippen molar-refractivity contribution in [3.05, 3.63) is 0 Å². The van der Waals surface area contributed by atoms with E-state index in [0.29, 0.717) is 6.61 Å². The summed E-state index contributed by atoms with van der Waals surface area (Å²) in [6.07, 6.45) is 5.32. The molecular weight excluding hydrogens is 138 g/mol. The lowest BCUT2D eigenvalue weighted by atomic mass is 9.99. The largest absolute Gasteiger partial charge is 0.396 e. The van der Waals surface area contributed by atoms with Crippen molar-refractivity contribution >= 4 is 5.71 Å². The van der Waals surface area contributed by atoms with Gasteiger partial charge >= 0.3 is 0 Å². The molecule has 11 heavy (non-hydrogen) atoms. The van der Waals surface area contributed by atoms with Crippen LogP contribution in [-0.4, -0.2) is 12.3 Å². The molecule has 0 amide bonds. The molecule has 0 aromatic heterocycles. The SMILES string of the molecule is CCO/N=C1/CCC[C@H]2C[C@@H]12. The van der Waals surface area contributed by atoms with Crippen LogP contribution in [0.25, 0.3) is 0 Å². The molecule has 2 nitrogen and oxygen atoms in total. The van der Waals surface area contributed by atoms with Crippen molar-refractivity contribution in [3.63, 3.8) is 0 Å². The molecule has 2 fully saturated rings. The maximum Gasteiger partial charge on any atom is 0.114 e. The van der Waals surface area contributed by atoms with Crippen LogP contribution in [0.2, 0.25) is 0 Å². The van der Waals surface area contributed by atoms with Gasteiger partial charge in [0.05, 0.1) is 5.71 Å². The van der Waals surface area contributed by atoms with E-state index in [9.17, 15) is 0 Å². The number of hydrogen-bond acceptors (Lipinski definition) is 2. The van der Waals surface area contributed by atoms with Gasteiger partial charge in [0.1, 0.15) is 6.61 Å². The third-order valence-corrected chi connectivity index (χ3v) is 2.67.